The summed E-state index contributed by atoms with van der Waals surface area (Å²) in [6.45, 7) is 3.49. The van der Waals surface area contributed by atoms with Gasteiger partial charge in [-0.25, -0.2) is 9.66 Å². The SMILES string of the molecule is C1=CNOC=C1.CCC1=CC(O)(OC)CC=C1.CCOS(=O)(=O)O. The molecule has 2 aliphatic rings. The van der Waals surface area contributed by atoms with Crippen LogP contribution in [-0.4, -0.2) is 37.6 Å². The van der Waals surface area contributed by atoms with Crippen molar-refractivity contribution in [1.82, 2.24) is 5.48 Å². The summed E-state index contributed by atoms with van der Waals surface area (Å²) < 4.78 is 35.6. The Morgan fingerprint density at radius 2 is 2.08 bits per heavy atom. The molecule has 1 unspecified atom stereocenters. The van der Waals surface area contributed by atoms with Crippen LogP contribution in [0.2, 0.25) is 0 Å². The molecule has 0 bridgehead atoms. The van der Waals surface area contributed by atoms with E-state index in [9.17, 15) is 13.5 Å². The quantitative estimate of drug-likeness (QED) is 0.513. The second kappa shape index (κ2) is 11.8. The van der Waals surface area contributed by atoms with E-state index in [2.05, 4.69) is 21.4 Å². The van der Waals surface area contributed by atoms with Gasteiger partial charge in [0.15, 0.2) is 5.79 Å². The number of aliphatic hydroxyl groups is 1. The Kier molecular flexibility index (Phi) is 11.0. The summed E-state index contributed by atoms with van der Waals surface area (Å²) in [5, 5.41) is 9.63. The van der Waals surface area contributed by atoms with Crippen molar-refractivity contribution >= 4 is 10.4 Å². The van der Waals surface area contributed by atoms with Crippen molar-refractivity contribution in [2.24, 2.45) is 0 Å². The van der Waals surface area contributed by atoms with Crippen molar-refractivity contribution in [2.75, 3.05) is 13.7 Å². The zero-order chi connectivity index (χ0) is 18.5. The molecular formula is C15H25NO7S. The van der Waals surface area contributed by atoms with Crippen molar-refractivity contribution in [1.29, 1.82) is 0 Å². The first kappa shape index (κ1) is 22.4. The van der Waals surface area contributed by atoms with E-state index in [0.717, 1.165) is 12.0 Å². The Morgan fingerprint density at radius 1 is 1.38 bits per heavy atom. The highest BCUT2D eigenvalue weighted by molar-refractivity contribution is 7.80. The van der Waals surface area contributed by atoms with Crippen LogP contribution in [0, 0.1) is 0 Å². The molecule has 0 saturated heterocycles. The summed E-state index contributed by atoms with van der Waals surface area (Å²) in [5.74, 6) is -1.06. The molecule has 1 atom stereocenters. The van der Waals surface area contributed by atoms with E-state index >= 15 is 0 Å². The van der Waals surface area contributed by atoms with E-state index < -0.39 is 16.2 Å². The number of ether oxygens (including phenoxy) is 1. The van der Waals surface area contributed by atoms with Gasteiger partial charge in [-0.05, 0) is 37.1 Å². The van der Waals surface area contributed by atoms with Crippen molar-refractivity contribution in [3.05, 3.63) is 48.4 Å². The van der Waals surface area contributed by atoms with Crippen LogP contribution in [0.15, 0.2) is 48.4 Å². The summed E-state index contributed by atoms with van der Waals surface area (Å²) in [6.07, 6.45) is 14.1. The van der Waals surface area contributed by atoms with E-state index in [1.807, 2.05) is 18.2 Å². The fourth-order valence-electron chi connectivity index (χ4n) is 1.55. The minimum Gasteiger partial charge on any atom is -0.391 e. The topological polar surface area (TPSA) is 114 Å². The molecule has 1 aliphatic heterocycles. The molecular weight excluding hydrogens is 338 g/mol. The van der Waals surface area contributed by atoms with Crippen molar-refractivity contribution in [2.45, 2.75) is 32.5 Å². The molecule has 1 aliphatic carbocycles. The highest BCUT2D eigenvalue weighted by Gasteiger charge is 2.23. The third kappa shape index (κ3) is 11.9. The molecule has 0 spiro atoms. The molecule has 8 nitrogen and oxygen atoms in total. The van der Waals surface area contributed by atoms with Crippen molar-refractivity contribution in [3.63, 3.8) is 0 Å². The molecule has 0 aromatic heterocycles. The predicted molar refractivity (Wildman–Crippen MR) is 89.8 cm³/mol. The fourth-order valence-corrected chi connectivity index (χ4v) is 1.84. The lowest BCUT2D eigenvalue weighted by molar-refractivity contribution is -0.144. The second-order valence-corrected chi connectivity index (χ2v) is 5.58. The van der Waals surface area contributed by atoms with Crippen molar-refractivity contribution < 1.29 is 31.8 Å². The average molecular weight is 363 g/mol. The Balaban J connectivity index is 0.000000352. The third-order valence-electron chi connectivity index (χ3n) is 2.67. The van der Waals surface area contributed by atoms with Gasteiger partial charge in [0.2, 0.25) is 0 Å². The van der Waals surface area contributed by atoms with Gasteiger partial charge in [0.1, 0.15) is 6.26 Å². The maximum atomic E-state index is 9.63. The monoisotopic (exact) mass is 363 g/mol. The maximum absolute atomic E-state index is 9.63. The highest BCUT2D eigenvalue weighted by atomic mass is 32.3. The fraction of sp³-hybridized carbons (Fsp3) is 0.467. The number of hydroxylamine groups is 1. The normalized spacial score (nSPS) is 21.3. The van der Waals surface area contributed by atoms with Gasteiger partial charge in [-0.15, -0.1) is 0 Å². The van der Waals surface area contributed by atoms with Crippen LogP contribution >= 0.6 is 0 Å². The van der Waals surface area contributed by atoms with Gasteiger partial charge in [0.25, 0.3) is 0 Å². The molecule has 0 aromatic rings. The van der Waals surface area contributed by atoms with E-state index in [0.29, 0.717) is 6.42 Å². The zero-order valence-corrected chi connectivity index (χ0v) is 14.8. The molecule has 0 fully saturated rings. The molecule has 0 amide bonds. The first-order valence-corrected chi connectivity index (χ1v) is 8.63. The third-order valence-corrected chi connectivity index (χ3v) is 3.21. The van der Waals surface area contributed by atoms with E-state index in [1.165, 1.54) is 14.0 Å². The largest absolute Gasteiger partial charge is 0.397 e. The molecule has 0 saturated carbocycles. The molecule has 0 radical (unpaired) electrons. The number of hydrogen-bond acceptors (Lipinski definition) is 7. The summed E-state index contributed by atoms with van der Waals surface area (Å²) >= 11 is 0. The average Bonchev–Trinajstić information content (AvgIpc) is 2.56. The molecule has 1 heterocycles. The smallest absolute Gasteiger partial charge is 0.391 e. The minimum absolute atomic E-state index is 0.0289. The van der Waals surface area contributed by atoms with Crippen LogP contribution in [0.1, 0.15) is 26.7 Å². The Bertz CT molecular complexity index is 554. The number of hydrogen-bond donors (Lipinski definition) is 3. The van der Waals surface area contributed by atoms with Gasteiger partial charge >= 0.3 is 10.4 Å². The first-order valence-electron chi connectivity index (χ1n) is 7.26. The van der Waals surface area contributed by atoms with Gasteiger partial charge in [-0.2, -0.15) is 8.42 Å². The van der Waals surface area contributed by atoms with Crippen LogP contribution < -0.4 is 5.48 Å². The van der Waals surface area contributed by atoms with Crippen LogP contribution in [-0.2, 0) is 24.2 Å². The lowest BCUT2D eigenvalue weighted by Crippen LogP contribution is -2.29. The molecule has 24 heavy (non-hydrogen) atoms. The van der Waals surface area contributed by atoms with Gasteiger partial charge in [-0.3, -0.25) is 4.55 Å². The summed E-state index contributed by atoms with van der Waals surface area (Å²) in [4.78, 5) is 4.55. The summed E-state index contributed by atoms with van der Waals surface area (Å²) in [7, 11) is -2.66. The number of allylic oxidation sites excluding steroid dienone is 4. The van der Waals surface area contributed by atoms with Crippen molar-refractivity contribution in [3.8, 4) is 0 Å². The minimum atomic E-state index is -4.17. The Labute approximate surface area is 143 Å². The molecule has 0 aromatic carbocycles. The predicted octanol–water partition coefficient (Wildman–Crippen LogP) is 1.99. The van der Waals surface area contributed by atoms with E-state index in [1.54, 1.807) is 24.6 Å². The molecule has 2 rings (SSSR count). The number of rotatable bonds is 4. The Hall–Kier alpha value is -1.65. The van der Waals surface area contributed by atoms with E-state index in [-0.39, 0.29) is 6.61 Å². The lowest BCUT2D eigenvalue weighted by Gasteiger charge is -2.24. The molecule has 3 N–H and O–H groups in total. The standard InChI is InChI=1S/C9H14O2.C4H5NO.C2H6O4S/c1-3-8-5-4-6-9(10,7-8)11-2;1-2-4-6-5-3-1;1-2-6-7(3,4)5/h4-5,7,10H,3,6H2,1-2H3;1-5H;2H2,1H3,(H,3,4,5). The summed E-state index contributed by atoms with van der Waals surface area (Å²) in [6, 6.07) is 0. The number of methoxy groups -OCH3 is 1. The highest BCUT2D eigenvalue weighted by Crippen LogP contribution is 2.22. The van der Waals surface area contributed by atoms with E-state index in [4.69, 9.17) is 9.29 Å². The van der Waals surface area contributed by atoms with Crippen LogP contribution in [0.25, 0.3) is 0 Å². The van der Waals surface area contributed by atoms with Crippen LogP contribution in [0.3, 0.4) is 0 Å². The first-order chi connectivity index (χ1) is 11.3. The summed E-state index contributed by atoms with van der Waals surface area (Å²) in [5.41, 5.74) is 3.64. The van der Waals surface area contributed by atoms with Gasteiger partial charge in [0, 0.05) is 19.7 Å². The van der Waals surface area contributed by atoms with Gasteiger partial charge in [0.05, 0.1) is 6.61 Å². The maximum Gasteiger partial charge on any atom is 0.397 e. The molecule has 138 valence electrons. The second-order valence-electron chi connectivity index (χ2n) is 4.49. The Morgan fingerprint density at radius 3 is 2.38 bits per heavy atom. The van der Waals surface area contributed by atoms with Gasteiger partial charge in [-0.1, -0.05) is 19.1 Å². The van der Waals surface area contributed by atoms with Crippen LogP contribution in [0.5, 0.6) is 0 Å². The van der Waals surface area contributed by atoms with Gasteiger partial charge < -0.3 is 14.7 Å². The number of nitrogens with one attached hydrogen (secondary N) is 1. The molecule has 9 heteroatoms. The lowest BCUT2D eigenvalue weighted by atomic mass is 10.0. The zero-order valence-electron chi connectivity index (χ0n) is 14.0. The van der Waals surface area contributed by atoms with Crippen LogP contribution in [0.4, 0.5) is 0 Å².